The summed E-state index contributed by atoms with van der Waals surface area (Å²) in [4.78, 5) is 4.93. The lowest BCUT2D eigenvalue weighted by Gasteiger charge is -2.36. The summed E-state index contributed by atoms with van der Waals surface area (Å²) < 4.78 is 17.8. The fourth-order valence-corrected chi connectivity index (χ4v) is 16.1. The molecule has 0 atom stereocenters. The molecule has 0 saturated heterocycles. The van der Waals surface area contributed by atoms with Gasteiger partial charge in [0, 0.05) is 60.8 Å². The smallest absolute Gasteiger partial charge is 0.160 e. The molecule has 5 nitrogen and oxygen atoms in total. The van der Waals surface area contributed by atoms with Crippen LogP contribution in [0.2, 0.25) is 0 Å². The number of hydrogen-bond donors (Lipinski definition) is 0. The Morgan fingerprint density at radius 1 is 0.310 bits per heavy atom. The van der Waals surface area contributed by atoms with Crippen LogP contribution in [0.3, 0.4) is 0 Å². The maximum absolute atomic E-state index is 7.63. The third kappa shape index (κ3) is 10.4. The van der Waals surface area contributed by atoms with E-state index in [-0.39, 0.29) is 27.1 Å². The van der Waals surface area contributed by atoms with E-state index in [1.54, 1.807) is 0 Å². The molecule has 16 rings (SSSR count). The Balaban J connectivity index is 1.14. The zero-order valence-corrected chi connectivity index (χ0v) is 61.3. The maximum atomic E-state index is 7.63. The monoisotopic (exact) mass is 1310 g/mol. The van der Waals surface area contributed by atoms with Crippen molar-refractivity contribution in [2.75, 3.05) is 9.80 Å². The van der Waals surface area contributed by atoms with Crippen molar-refractivity contribution in [3.63, 3.8) is 0 Å². The van der Waals surface area contributed by atoms with E-state index in [9.17, 15) is 0 Å². The molecule has 0 unspecified atom stereocenters. The molecule has 15 aromatic rings. The van der Waals surface area contributed by atoms with Crippen molar-refractivity contribution in [2.24, 2.45) is 0 Å². The van der Waals surface area contributed by atoms with Crippen LogP contribution in [-0.4, -0.2) is 4.57 Å². The highest BCUT2D eigenvalue weighted by molar-refractivity contribution is 6.27. The standard InChI is InChI=1S/C95H91N3O2/c1-58-24-22-26-70(52-58)96(67-44-36-61(37-45-67)91(6,7)8)80-56-76-86(84-72-28-18-20-30-82(72)99-88(80)84)87-77(57-81(89-85(87)73-29-19-21-31-83(73)100-89)97(71-27-23-25-59(2)53-71)68-46-38-62(39-47-68)92(9,10)11)95(76,64-34-32-60(33-35-64)90(3,4)5)66-43-51-79-75(55-66)74-54-65(94(15,16)17)42-50-78(74)98(79)69-48-40-63(41-49-69)93(12,13)14/h18-57H,1-17H3. The first-order valence-electron chi connectivity index (χ1n) is 35.8. The zero-order chi connectivity index (χ0) is 69.9. The number of rotatable bonds is 9. The fourth-order valence-electron chi connectivity index (χ4n) is 16.1. The highest BCUT2D eigenvalue weighted by Gasteiger charge is 2.51. The molecule has 3 heterocycles. The summed E-state index contributed by atoms with van der Waals surface area (Å²) >= 11 is 0. The van der Waals surface area contributed by atoms with Crippen LogP contribution in [0.4, 0.5) is 34.1 Å². The lowest BCUT2D eigenvalue weighted by Crippen LogP contribution is -2.29. The molecule has 5 heteroatoms. The Labute approximate surface area is 590 Å². The van der Waals surface area contributed by atoms with Gasteiger partial charge in [-0.2, -0.15) is 0 Å². The molecule has 0 N–H and O–H groups in total. The molecule has 1 aliphatic rings. The van der Waals surface area contributed by atoms with Crippen LogP contribution in [0.5, 0.6) is 0 Å². The molecule has 498 valence electrons. The summed E-state index contributed by atoms with van der Waals surface area (Å²) in [6, 6.07) is 92.7. The molecule has 0 amide bonds. The second-order valence-corrected chi connectivity index (χ2v) is 33.6. The quantitative estimate of drug-likeness (QED) is 0.144. The average molecular weight is 1310 g/mol. The van der Waals surface area contributed by atoms with Crippen LogP contribution in [0.25, 0.3) is 82.5 Å². The van der Waals surface area contributed by atoms with Gasteiger partial charge >= 0.3 is 0 Å². The number of nitrogens with zero attached hydrogens (tertiary/aromatic N) is 3. The average Bonchev–Trinajstić information content (AvgIpc) is 1.49. The maximum Gasteiger partial charge on any atom is 0.160 e. The molecule has 100 heavy (non-hydrogen) atoms. The SMILES string of the molecule is Cc1cccc(N(c2ccc(C(C)(C)C)cc2)c2cc3c(c4c2oc2ccccc24)-c2c(cc(N(c4ccc(C(C)(C)C)cc4)c4cccc(C)c4)c4oc5ccccc5c24)C3(c2ccc(C(C)(C)C)cc2)c2ccc3c(c2)c2cc(C(C)(C)C)ccc2n3-c2ccc(C(C)(C)C)cc2)c1. The van der Waals surface area contributed by atoms with Gasteiger partial charge in [0.05, 0.1) is 27.8 Å². The number of furan rings is 2. The summed E-state index contributed by atoms with van der Waals surface area (Å²) in [5.74, 6) is 0. The fraction of sp³-hybridized carbons (Fsp3) is 0.242. The van der Waals surface area contributed by atoms with Crippen LogP contribution in [0, 0.1) is 13.8 Å². The first-order chi connectivity index (χ1) is 47.5. The topological polar surface area (TPSA) is 37.7 Å². The van der Waals surface area contributed by atoms with E-state index in [2.05, 4.69) is 375 Å². The van der Waals surface area contributed by atoms with E-state index in [4.69, 9.17) is 8.83 Å². The van der Waals surface area contributed by atoms with Crippen LogP contribution in [0.15, 0.2) is 251 Å². The molecule has 12 aromatic carbocycles. The summed E-state index contributed by atoms with van der Waals surface area (Å²) in [5, 5.41) is 6.60. The Bertz CT molecular complexity index is 5510. The minimum absolute atomic E-state index is 0.00653. The number of para-hydroxylation sites is 2. The van der Waals surface area contributed by atoms with Gasteiger partial charge in [0.25, 0.3) is 0 Å². The number of aryl methyl sites for hydroxylation is 2. The van der Waals surface area contributed by atoms with Crippen molar-refractivity contribution in [1.29, 1.82) is 0 Å². The van der Waals surface area contributed by atoms with Crippen molar-refractivity contribution in [2.45, 2.75) is 150 Å². The molecule has 0 saturated carbocycles. The summed E-state index contributed by atoms with van der Waals surface area (Å²) in [5.41, 5.74) is 26.9. The zero-order valence-electron chi connectivity index (χ0n) is 61.3. The van der Waals surface area contributed by atoms with Gasteiger partial charge in [-0.3, -0.25) is 0 Å². The second kappa shape index (κ2) is 22.8. The number of benzene rings is 12. The van der Waals surface area contributed by atoms with Gasteiger partial charge in [-0.05, 0) is 222 Å². The molecule has 0 bridgehead atoms. The van der Waals surface area contributed by atoms with Crippen molar-refractivity contribution in [3.8, 4) is 16.8 Å². The first kappa shape index (κ1) is 64.3. The van der Waals surface area contributed by atoms with Crippen molar-refractivity contribution >= 4 is 99.8 Å². The largest absolute Gasteiger partial charge is 0.454 e. The number of anilines is 6. The minimum atomic E-state index is -1.05. The molecule has 0 radical (unpaired) electrons. The van der Waals surface area contributed by atoms with Crippen LogP contribution in [0.1, 0.15) is 165 Å². The van der Waals surface area contributed by atoms with E-state index < -0.39 is 5.41 Å². The summed E-state index contributed by atoms with van der Waals surface area (Å²) in [6.45, 7) is 39.0. The summed E-state index contributed by atoms with van der Waals surface area (Å²) in [6.07, 6.45) is 0. The van der Waals surface area contributed by atoms with Crippen LogP contribution >= 0.6 is 0 Å². The van der Waals surface area contributed by atoms with Gasteiger partial charge in [-0.15, -0.1) is 0 Å². The molecule has 1 aliphatic carbocycles. The molecular formula is C95H91N3O2. The Hall–Kier alpha value is -10.4. The Morgan fingerprint density at radius 2 is 0.680 bits per heavy atom. The molecule has 0 fully saturated rings. The minimum Gasteiger partial charge on any atom is -0.454 e. The normalized spacial score (nSPS) is 13.5. The predicted octanol–water partition coefficient (Wildman–Crippen LogP) is 27.0. The van der Waals surface area contributed by atoms with Gasteiger partial charge in [0.15, 0.2) is 11.2 Å². The molecule has 0 aliphatic heterocycles. The molecular weight excluding hydrogens is 1220 g/mol. The second-order valence-electron chi connectivity index (χ2n) is 33.6. The number of hydrogen-bond acceptors (Lipinski definition) is 4. The van der Waals surface area contributed by atoms with Crippen LogP contribution < -0.4 is 9.80 Å². The number of fused-ring (bicyclic) bond motifs is 14. The van der Waals surface area contributed by atoms with E-state index in [0.717, 1.165) is 134 Å². The van der Waals surface area contributed by atoms with Crippen LogP contribution in [-0.2, 0) is 32.5 Å². The third-order valence-corrected chi connectivity index (χ3v) is 21.5. The lowest BCUT2D eigenvalue weighted by molar-refractivity contribution is 0.589. The van der Waals surface area contributed by atoms with Crippen molar-refractivity contribution in [1.82, 2.24) is 4.57 Å². The van der Waals surface area contributed by atoms with E-state index in [0.29, 0.717) is 0 Å². The van der Waals surface area contributed by atoms with Gasteiger partial charge in [-0.25, -0.2) is 0 Å². The Kier molecular flexibility index (Phi) is 14.7. The highest BCUT2D eigenvalue weighted by atomic mass is 16.3. The van der Waals surface area contributed by atoms with Gasteiger partial charge in [0.2, 0.25) is 0 Å². The highest BCUT2D eigenvalue weighted by Crippen LogP contribution is 2.65. The third-order valence-electron chi connectivity index (χ3n) is 21.5. The Morgan fingerprint density at radius 3 is 1.10 bits per heavy atom. The predicted molar refractivity (Wildman–Crippen MR) is 425 cm³/mol. The van der Waals surface area contributed by atoms with Gasteiger partial charge < -0.3 is 23.2 Å². The van der Waals surface area contributed by atoms with Crippen molar-refractivity contribution < 1.29 is 8.83 Å². The number of aromatic nitrogens is 1. The lowest BCUT2D eigenvalue weighted by atomic mass is 9.66. The van der Waals surface area contributed by atoms with E-state index >= 15 is 0 Å². The van der Waals surface area contributed by atoms with Gasteiger partial charge in [-0.1, -0.05) is 237 Å². The van der Waals surface area contributed by atoms with Crippen molar-refractivity contribution in [3.05, 3.63) is 304 Å². The van der Waals surface area contributed by atoms with E-state index in [1.165, 1.54) is 44.1 Å². The summed E-state index contributed by atoms with van der Waals surface area (Å²) in [7, 11) is 0. The molecule has 0 spiro atoms. The van der Waals surface area contributed by atoms with E-state index in [1.807, 2.05) is 0 Å². The first-order valence-corrected chi connectivity index (χ1v) is 35.8. The van der Waals surface area contributed by atoms with Gasteiger partial charge in [0.1, 0.15) is 11.2 Å². The molecule has 3 aromatic heterocycles.